The number of nitrogen functional groups attached to an aromatic ring is 1. The van der Waals surface area contributed by atoms with Crippen LogP contribution in [0.5, 0.6) is 0 Å². The summed E-state index contributed by atoms with van der Waals surface area (Å²) >= 11 is 0. The van der Waals surface area contributed by atoms with Crippen molar-refractivity contribution in [1.82, 2.24) is 9.97 Å². The van der Waals surface area contributed by atoms with Gasteiger partial charge in [-0.25, -0.2) is 4.98 Å². The van der Waals surface area contributed by atoms with Gasteiger partial charge in [0.15, 0.2) is 0 Å². The fraction of sp³-hybridized carbons (Fsp3) is 0.692. The predicted molar refractivity (Wildman–Crippen MR) is 70.4 cm³/mol. The van der Waals surface area contributed by atoms with Gasteiger partial charge in [0.25, 0.3) is 5.56 Å². The molecule has 1 aliphatic carbocycles. The van der Waals surface area contributed by atoms with E-state index in [2.05, 4.69) is 9.97 Å². The first kappa shape index (κ1) is 13.1. The average Bonchev–Trinajstić information content (AvgIpc) is 2.37. The van der Waals surface area contributed by atoms with Crippen LogP contribution in [-0.2, 0) is 10.3 Å². The van der Waals surface area contributed by atoms with Crippen LogP contribution in [0.2, 0.25) is 0 Å². The molecular formula is C13H21N3O2. The third kappa shape index (κ3) is 2.27. The van der Waals surface area contributed by atoms with Gasteiger partial charge in [-0.15, -0.1) is 0 Å². The van der Waals surface area contributed by atoms with Crippen LogP contribution in [0.1, 0.15) is 50.4 Å². The van der Waals surface area contributed by atoms with Crippen molar-refractivity contribution in [2.45, 2.75) is 51.6 Å². The van der Waals surface area contributed by atoms with Crippen molar-refractivity contribution in [3.63, 3.8) is 0 Å². The normalized spacial score (nSPS) is 18.8. The first-order valence-corrected chi connectivity index (χ1v) is 6.60. The van der Waals surface area contributed by atoms with Gasteiger partial charge in [-0.3, -0.25) is 4.79 Å². The van der Waals surface area contributed by atoms with Crippen LogP contribution in [-0.4, -0.2) is 16.6 Å². The summed E-state index contributed by atoms with van der Waals surface area (Å²) in [5, 5.41) is 0. The molecule has 1 aromatic heterocycles. The van der Waals surface area contributed by atoms with E-state index in [-0.39, 0.29) is 5.56 Å². The van der Waals surface area contributed by atoms with Crippen LogP contribution in [0, 0.1) is 6.92 Å². The fourth-order valence-electron chi connectivity index (χ4n) is 2.61. The van der Waals surface area contributed by atoms with Gasteiger partial charge in [-0.1, -0.05) is 19.3 Å². The molecule has 5 nitrogen and oxygen atoms in total. The van der Waals surface area contributed by atoms with Crippen molar-refractivity contribution in [2.75, 3.05) is 12.3 Å². The van der Waals surface area contributed by atoms with Gasteiger partial charge >= 0.3 is 0 Å². The van der Waals surface area contributed by atoms with Crippen LogP contribution in [0.15, 0.2) is 4.79 Å². The number of nitrogens with two attached hydrogens (primary N) is 1. The average molecular weight is 251 g/mol. The van der Waals surface area contributed by atoms with Crippen LogP contribution < -0.4 is 11.3 Å². The lowest BCUT2D eigenvalue weighted by molar-refractivity contribution is -0.0767. The van der Waals surface area contributed by atoms with E-state index in [0.29, 0.717) is 23.8 Å². The van der Waals surface area contributed by atoms with Crippen molar-refractivity contribution in [3.8, 4) is 0 Å². The van der Waals surface area contributed by atoms with Crippen molar-refractivity contribution in [3.05, 3.63) is 21.7 Å². The van der Waals surface area contributed by atoms with Crippen molar-refractivity contribution < 1.29 is 4.74 Å². The van der Waals surface area contributed by atoms with E-state index in [4.69, 9.17) is 10.5 Å². The van der Waals surface area contributed by atoms with E-state index in [9.17, 15) is 4.79 Å². The molecule has 2 rings (SSSR count). The van der Waals surface area contributed by atoms with Gasteiger partial charge in [0, 0.05) is 6.61 Å². The van der Waals surface area contributed by atoms with Crippen LogP contribution in [0.25, 0.3) is 0 Å². The van der Waals surface area contributed by atoms with E-state index in [1.165, 1.54) is 6.42 Å². The van der Waals surface area contributed by atoms with Crippen LogP contribution >= 0.6 is 0 Å². The highest BCUT2D eigenvalue weighted by molar-refractivity contribution is 5.37. The highest BCUT2D eigenvalue weighted by Crippen LogP contribution is 2.38. The second-order valence-electron chi connectivity index (χ2n) is 4.91. The predicted octanol–water partition coefficient (Wildman–Crippen LogP) is 1.86. The Kier molecular flexibility index (Phi) is 3.71. The minimum absolute atomic E-state index is 0.165. The Labute approximate surface area is 107 Å². The zero-order valence-electron chi connectivity index (χ0n) is 11.1. The lowest BCUT2D eigenvalue weighted by atomic mass is 9.83. The molecule has 0 bridgehead atoms. The van der Waals surface area contributed by atoms with E-state index in [0.717, 1.165) is 25.7 Å². The third-order valence-electron chi connectivity index (χ3n) is 3.70. The molecule has 0 spiro atoms. The maximum absolute atomic E-state index is 11.8. The van der Waals surface area contributed by atoms with Gasteiger partial charge in [0.2, 0.25) is 0 Å². The molecular weight excluding hydrogens is 230 g/mol. The van der Waals surface area contributed by atoms with Crippen molar-refractivity contribution >= 4 is 5.82 Å². The molecule has 0 aromatic carbocycles. The van der Waals surface area contributed by atoms with Crippen molar-refractivity contribution in [2.24, 2.45) is 0 Å². The van der Waals surface area contributed by atoms with E-state index in [1.807, 2.05) is 6.92 Å². The molecule has 0 unspecified atom stereocenters. The monoisotopic (exact) mass is 251 g/mol. The molecule has 1 saturated carbocycles. The summed E-state index contributed by atoms with van der Waals surface area (Å²) in [6.45, 7) is 4.25. The fourth-order valence-corrected chi connectivity index (χ4v) is 2.61. The van der Waals surface area contributed by atoms with Gasteiger partial charge in [0.1, 0.15) is 17.2 Å². The summed E-state index contributed by atoms with van der Waals surface area (Å²) in [5.74, 6) is 0.899. The quantitative estimate of drug-likeness (QED) is 0.859. The Balaban J connectivity index is 2.45. The molecule has 0 atom stereocenters. The molecule has 1 aromatic rings. The molecule has 1 fully saturated rings. The number of nitrogens with zero attached hydrogens (tertiary/aromatic N) is 1. The lowest BCUT2D eigenvalue weighted by Gasteiger charge is -2.36. The Morgan fingerprint density at radius 1 is 1.39 bits per heavy atom. The van der Waals surface area contributed by atoms with Crippen LogP contribution in [0.3, 0.4) is 0 Å². The number of ether oxygens (including phenoxy) is 1. The maximum atomic E-state index is 11.8. The zero-order valence-corrected chi connectivity index (χ0v) is 11.1. The largest absolute Gasteiger partial charge is 0.383 e. The standard InChI is InChI=1S/C13H21N3O2/c1-3-18-13(7-5-4-6-8-13)12-15-10(14)9(2)11(17)16-12/h3-8H2,1-2H3,(H3,14,15,16,17). The van der Waals surface area contributed by atoms with Gasteiger partial charge in [-0.2, -0.15) is 0 Å². The number of hydrogen-bond donors (Lipinski definition) is 2. The van der Waals surface area contributed by atoms with Crippen molar-refractivity contribution in [1.29, 1.82) is 0 Å². The SMILES string of the molecule is CCOC1(c2nc(N)c(C)c(=O)[nH]2)CCCCC1. The van der Waals surface area contributed by atoms with Gasteiger partial charge in [-0.05, 0) is 26.7 Å². The lowest BCUT2D eigenvalue weighted by Crippen LogP contribution is -2.37. The Hall–Kier alpha value is -1.36. The Morgan fingerprint density at radius 3 is 2.61 bits per heavy atom. The number of H-pyrrole nitrogens is 1. The van der Waals surface area contributed by atoms with Gasteiger partial charge < -0.3 is 15.5 Å². The molecule has 5 heteroatoms. The summed E-state index contributed by atoms with van der Waals surface area (Å²) in [4.78, 5) is 19.0. The molecule has 100 valence electrons. The van der Waals surface area contributed by atoms with Gasteiger partial charge in [0.05, 0.1) is 5.56 Å². The topological polar surface area (TPSA) is 81.0 Å². The first-order chi connectivity index (χ1) is 8.59. The maximum Gasteiger partial charge on any atom is 0.255 e. The molecule has 0 aliphatic heterocycles. The minimum atomic E-state index is -0.450. The summed E-state index contributed by atoms with van der Waals surface area (Å²) in [6.07, 6.45) is 5.19. The third-order valence-corrected chi connectivity index (χ3v) is 3.70. The molecule has 3 N–H and O–H groups in total. The number of hydrogen-bond acceptors (Lipinski definition) is 4. The summed E-state index contributed by atoms with van der Waals surface area (Å²) in [7, 11) is 0. The number of anilines is 1. The van der Waals surface area contributed by atoms with Crippen LogP contribution in [0.4, 0.5) is 5.82 Å². The smallest absolute Gasteiger partial charge is 0.255 e. The minimum Gasteiger partial charge on any atom is -0.383 e. The molecule has 0 radical (unpaired) electrons. The van der Waals surface area contributed by atoms with E-state index < -0.39 is 5.60 Å². The number of aromatic nitrogens is 2. The number of nitrogens with one attached hydrogen (secondary N) is 1. The Morgan fingerprint density at radius 2 is 2.06 bits per heavy atom. The highest BCUT2D eigenvalue weighted by atomic mass is 16.5. The van der Waals surface area contributed by atoms with E-state index in [1.54, 1.807) is 6.92 Å². The summed E-state index contributed by atoms with van der Waals surface area (Å²) < 4.78 is 5.92. The van der Waals surface area contributed by atoms with E-state index >= 15 is 0 Å². The summed E-state index contributed by atoms with van der Waals surface area (Å²) in [6, 6.07) is 0. The molecule has 1 aliphatic rings. The first-order valence-electron chi connectivity index (χ1n) is 6.60. The Bertz CT molecular complexity index is 470. The second-order valence-corrected chi connectivity index (χ2v) is 4.91. The second kappa shape index (κ2) is 5.10. The molecule has 1 heterocycles. The molecule has 18 heavy (non-hydrogen) atoms. The number of rotatable bonds is 3. The zero-order chi connectivity index (χ0) is 13.2. The summed E-state index contributed by atoms with van der Waals surface area (Å²) in [5.41, 5.74) is 5.65. The highest BCUT2D eigenvalue weighted by Gasteiger charge is 2.37. The number of aromatic amines is 1. The molecule has 0 amide bonds. The molecule has 0 saturated heterocycles.